The number of non-ortho nitro benzene ring substituents is 1. The largest absolute Gasteiger partial charge is 0.480 e. The lowest BCUT2D eigenvalue weighted by atomic mass is 10.2. The van der Waals surface area contributed by atoms with Crippen molar-refractivity contribution in [2.45, 2.75) is 19.4 Å². The van der Waals surface area contributed by atoms with Crippen LogP contribution in [0.2, 0.25) is 0 Å². The highest BCUT2D eigenvalue weighted by Crippen LogP contribution is 2.21. The van der Waals surface area contributed by atoms with Gasteiger partial charge in [0.1, 0.15) is 6.04 Å². The van der Waals surface area contributed by atoms with Crippen molar-refractivity contribution in [3.8, 4) is 12.3 Å². The number of nitrogens with one attached hydrogen (secondary N) is 2. The monoisotopic (exact) mass is 291 g/mol. The molecule has 8 nitrogen and oxygen atoms in total. The fourth-order valence-corrected chi connectivity index (χ4v) is 1.54. The lowest BCUT2D eigenvalue weighted by Crippen LogP contribution is -2.42. The molecule has 0 saturated carbocycles. The van der Waals surface area contributed by atoms with Crippen molar-refractivity contribution in [3.05, 3.63) is 33.9 Å². The number of nitro groups is 1. The van der Waals surface area contributed by atoms with Gasteiger partial charge in [-0.3, -0.25) is 10.1 Å². The zero-order valence-electron chi connectivity index (χ0n) is 11.1. The number of nitro benzene ring substituents is 1. The molecule has 1 aromatic carbocycles. The van der Waals surface area contributed by atoms with Crippen LogP contribution in [0, 0.1) is 29.4 Å². The van der Waals surface area contributed by atoms with Gasteiger partial charge in [0.05, 0.1) is 4.92 Å². The predicted octanol–water partition coefficient (Wildman–Crippen LogP) is 1.50. The number of urea groups is 1. The Hall–Kier alpha value is -3.08. The number of hydrogen-bond donors (Lipinski definition) is 3. The van der Waals surface area contributed by atoms with Gasteiger partial charge in [0.15, 0.2) is 0 Å². The summed E-state index contributed by atoms with van der Waals surface area (Å²) >= 11 is 0. The minimum absolute atomic E-state index is 0.103. The third-order valence-corrected chi connectivity index (χ3v) is 2.59. The quantitative estimate of drug-likeness (QED) is 0.431. The third kappa shape index (κ3) is 4.50. The number of nitrogens with zero attached hydrogens (tertiary/aromatic N) is 1. The van der Waals surface area contributed by atoms with Crippen LogP contribution in [0.1, 0.15) is 12.0 Å². The van der Waals surface area contributed by atoms with Crippen LogP contribution in [0.15, 0.2) is 18.2 Å². The molecule has 0 aliphatic carbocycles. The number of anilines is 1. The van der Waals surface area contributed by atoms with Crippen molar-refractivity contribution in [2.24, 2.45) is 0 Å². The maximum Gasteiger partial charge on any atom is 0.327 e. The number of carboxylic acid groups (broad SMARTS) is 1. The second-order valence-corrected chi connectivity index (χ2v) is 4.15. The Balaban J connectivity index is 2.77. The van der Waals surface area contributed by atoms with Crippen LogP contribution in [0.3, 0.4) is 0 Å². The summed E-state index contributed by atoms with van der Waals surface area (Å²) in [5.74, 6) is 0.905. The van der Waals surface area contributed by atoms with Crippen molar-refractivity contribution in [1.29, 1.82) is 0 Å². The topological polar surface area (TPSA) is 122 Å². The van der Waals surface area contributed by atoms with Gasteiger partial charge >= 0.3 is 12.0 Å². The fraction of sp³-hybridized carbons (Fsp3) is 0.231. The number of amides is 2. The Morgan fingerprint density at radius 3 is 2.67 bits per heavy atom. The first kappa shape index (κ1) is 16.0. The molecular formula is C13H13N3O5. The zero-order valence-corrected chi connectivity index (χ0v) is 11.1. The zero-order chi connectivity index (χ0) is 16.0. The summed E-state index contributed by atoms with van der Waals surface area (Å²) in [4.78, 5) is 32.6. The van der Waals surface area contributed by atoms with E-state index in [1.165, 1.54) is 18.2 Å². The molecule has 3 N–H and O–H groups in total. The van der Waals surface area contributed by atoms with E-state index in [0.29, 0.717) is 11.3 Å². The maximum atomic E-state index is 11.7. The summed E-state index contributed by atoms with van der Waals surface area (Å²) in [7, 11) is 0. The molecule has 0 aliphatic rings. The lowest BCUT2D eigenvalue weighted by Gasteiger charge is -2.13. The minimum atomic E-state index is -1.25. The first-order chi connectivity index (χ1) is 9.85. The number of carboxylic acids is 1. The molecular weight excluding hydrogens is 278 g/mol. The Kier molecular flexibility index (Phi) is 5.25. The van der Waals surface area contributed by atoms with Crippen molar-refractivity contribution in [3.63, 3.8) is 0 Å². The molecule has 1 aromatic rings. The van der Waals surface area contributed by atoms with Crippen LogP contribution in [0.4, 0.5) is 16.2 Å². The average molecular weight is 291 g/mol. The van der Waals surface area contributed by atoms with E-state index < -0.39 is 23.0 Å². The van der Waals surface area contributed by atoms with Gasteiger partial charge in [-0.05, 0) is 18.6 Å². The Morgan fingerprint density at radius 1 is 1.52 bits per heavy atom. The van der Waals surface area contributed by atoms with E-state index in [0.717, 1.165) is 0 Å². The smallest absolute Gasteiger partial charge is 0.327 e. The number of terminal acetylenes is 1. The Labute approximate surface area is 120 Å². The molecule has 0 aliphatic heterocycles. The van der Waals surface area contributed by atoms with E-state index in [-0.39, 0.29) is 12.1 Å². The summed E-state index contributed by atoms with van der Waals surface area (Å²) in [5.41, 5.74) is 0.709. The molecule has 8 heteroatoms. The number of benzene rings is 1. The Morgan fingerprint density at radius 2 is 2.19 bits per heavy atom. The number of rotatable bonds is 5. The summed E-state index contributed by atoms with van der Waals surface area (Å²) in [5, 5.41) is 24.1. The minimum Gasteiger partial charge on any atom is -0.480 e. The van der Waals surface area contributed by atoms with Gasteiger partial charge in [-0.2, -0.15) is 0 Å². The fourth-order valence-electron chi connectivity index (χ4n) is 1.54. The highest BCUT2D eigenvalue weighted by molar-refractivity contribution is 5.93. The molecule has 0 heterocycles. The molecule has 2 amide bonds. The second-order valence-electron chi connectivity index (χ2n) is 4.15. The van der Waals surface area contributed by atoms with Gasteiger partial charge in [0.2, 0.25) is 0 Å². The number of carbonyl (C=O) groups is 2. The van der Waals surface area contributed by atoms with E-state index in [1.54, 1.807) is 6.92 Å². The molecule has 0 radical (unpaired) electrons. The number of carbonyl (C=O) groups excluding carboxylic acids is 1. The highest BCUT2D eigenvalue weighted by Gasteiger charge is 2.19. The Bertz CT molecular complexity index is 621. The van der Waals surface area contributed by atoms with Crippen molar-refractivity contribution in [2.75, 3.05) is 5.32 Å². The molecule has 21 heavy (non-hydrogen) atoms. The van der Waals surface area contributed by atoms with E-state index >= 15 is 0 Å². The van der Waals surface area contributed by atoms with Gasteiger partial charge in [-0.25, -0.2) is 9.59 Å². The van der Waals surface area contributed by atoms with Gasteiger partial charge in [0, 0.05) is 24.2 Å². The number of aliphatic carboxylic acids is 1. The van der Waals surface area contributed by atoms with Crippen LogP contribution in [-0.2, 0) is 4.79 Å². The van der Waals surface area contributed by atoms with Crippen LogP contribution < -0.4 is 10.6 Å². The molecule has 0 aromatic heterocycles. The first-order valence-electron chi connectivity index (χ1n) is 5.84. The summed E-state index contributed by atoms with van der Waals surface area (Å²) in [6.45, 7) is 1.58. The van der Waals surface area contributed by atoms with E-state index in [4.69, 9.17) is 11.5 Å². The SMILES string of the molecule is C#CCC(NC(=O)Nc1ccc([N+](=O)[O-])cc1C)C(=O)O. The van der Waals surface area contributed by atoms with Gasteiger partial charge in [-0.1, -0.05) is 0 Å². The molecule has 0 bridgehead atoms. The summed E-state index contributed by atoms with van der Waals surface area (Å²) < 4.78 is 0. The van der Waals surface area contributed by atoms with Crippen molar-refractivity contribution in [1.82, 2.24) is 5.32 Å². The van der Waals surface area contributed by atoms with Gasteiger partial charge in [-0.15, -0.1) is 12.3 Å². The predicted molar refractivity (Wildman–Crippen MR) is 74.9 cm³/mol. The first-order valence-corrected chi connectivity index (χ1v) is 5.84. The molecule has 0 spiro atoms. The van der Waals surface area contributed by atoms with E-state index in [2.05, 4.69) is 16.6 Å². The normalized spacial score (nSPS) is 11.0. The van der Waals surface area contributed by atoms with Crippen LogP contribution in [0.25, 0.3) is 0 Å². The molecule has 1 unspecified atom stereocenters. The second kappa shape index (κ2) is 6.91. The summed E-state index contributed by atoms with van der Waals surface area (Å²) in [6, 6.07) is 1.94. The van der Waals surface area contributed by atoms with Crippen LogP contribution in [-0.4, -0.2) is 28.1 Å². The third-order valence-electron chi connectivity index (χ3n) is 2.59. The maximum absolute atomic E-state index is 11.7. The molecule has 1 atom stereocenters. The average Bonchev–Trinajstić information content (AvgIpc) is 2.40. The molecule has 0 saturated heterocycles. The number of aryl methyl sites for hydroxylation is 1. The van der Waals surface area contributed by atoms with Crippen LogP contribution >= 0.6 is 0 Å². The van der Waals surface area contributed by atoms with E-state index in [1.807, 2.05) is 0 Å². The van der Waals surface area contributed by atoms with Crippen LogP contribution in [0.5, 0.6) is 0 Å². The molecule has 0 fully saturated rings. The highest BCUT2D eigenvalue weighted by atomic mass is 16.6. The van der Waals surface area contributed by atoms with Gasteiger partial charge < -0.3 is 15.7 Å². The van der Waals surface area contributed by atoms with E-state index in [9.17, 15) is 19.7 Å². The molecule has 1 rings (SSSR count). The summed E-state index contributed by atoms with van der Waals surface area (Å²) in [6.07, 6.45) is 4.86. The lowest BCUT2D eigenvalue weighted by molar-refractivity contribution is -0.384. The van der Waals surface area contributed by atoms with Crippen molar-refractivity contribution < 1.29 is 19.6 Å². The standard InChI is InChI=1S/C13H13N3O5/c1-3-4-11(12(17)18)15-13(19)14-10-6-5-9(16(20)21)7-8(10)2/h1,5-7,11H,4H2,2H3,(H,17,18)(H2,14,15,19). The molecule has 110 valence electrons. The number of hydrogen-bond acceptors (Lipinski definition) is 4. The van der Waals surface area contributed by atoms with Gasteiger partial charge in [0.25, 0.3) is 5.69 Å². The van der Waals surface area contributed by atoms with Crippen molar-refractivity contribution >= 4 is 23.4 Å².